The molecule has 1 amide bonds. The van der Waals surface area contributed by atoms with E-state index in [1.165, 1.54) is 0 Å². The highest BCUT2D eigenvalue weighted by Crippen LogP contribution is 2.29. The smallest absolute Gasteiger partial charge is 0.237 e. The van der Waals surface area contributed by atoms with Gasteiger partial charge in [-0.25, -0.2) is 0 Å². The standard InChI is InChI=1S/C17H27N3O2S.ClH/c1-22-16-6-4-3-5-15(16)20-10-7-13(8-11-20)19-17(21)14(18)9-12-23-2;/h3-6,13-14H,7-12,18H2,1-2H3,(H,19,21);1H/t14-;/m0./s1. The number of amides is 1. The van der Waals surface area contributed by atoms with Crippen molar-refractivity contribution < 1.29 is 9.53 Å². The number of piperidine rings is 1. The van der Waals surface area contributed by atoms with E-state index in [0.717, 1.165) is 49.5 Å². The van der Waals surface area contributed by atoms with Crippen LogP contribution in [0.1, 0.15) is 19.3 Å². The third kappa shape index (κ3) is 5.76. The maximum Gasteiger partial charge on any atom is 0.237 e. The van der Waals surface area contributed by atoms with Crippen molar-refractivity contribution in [3.8, 4) is 5.75 Å². The van der Waals surface area contributed by atoms with Crippen LogP contribution in [0.4, 0.5) is 5.69 Å². The Hall–Kier alpha value is -1.11. The number of anilines is 1. The summed E-state index contributed by atoms with van der Waals surface area (Å²) in [6, 6.07) is 7.88. The van der Waals surface area contributed by atoms with Crippen LogP contribution in [0.3, 0.4) is 0 Å². The van der Waals surface area contributed by atoms with E-state index in [-0.39, 0.29) is 24.4 Å². The van der Waals surface area contributed by atoms with E-state index in [1.807, 2.05) is 24.5 Å². The lowest BCUT2D eigenvalue weighted by molar-refractivity contribution is -0.123. The van der Waals surface area contributed by atoms with E-state index >= 15 is 0 Å². The first-order chi connectivity index (χ1) is 11.2. The number of carbonyl (C=O) groups is 1. The van der Waals surface area contributed by atoms with Gasteiger partial charge < -0.3 is 20.7 Å². The molecule has 0 aliphatic carbocycles. The number of benzene rings is 1. The number of nitrogens with zero attached hydrogens (tertiary/aromatic N) is 1. The Balaban J connectivity index is 0.00000288. The number of para-hydroxylation sites is 2. The van der Waals surface area contributed by atoms with Crippen molar-refractivity contribution in [1.82, 2.24) is 5.32 Å². The number of ether oxygens (including phenoxy) is 1. The lowest BCUT2D eigenvalue weighted by Gasteiger charge is -2.35. The van der Waals surface area contributed by atoms with Crippen LogP contribution in [0.15, 0.2) is 24.3 Å². The molecule has 1 aromatic rings. The number of methoxy groups -OCH3 is 1. The van der Waals surface area contributed by atoms with Crippen LogP contribution in [-0.4, -0.2) is 50.2 Å². The van der Waals surface area contributed by atoms with Gasteiger partial charge >= 0.3 is 0 Å². The number of nitrogens with two attached hydrogens (primary N) is 1. The molecule has 0 saturated carbocycles. The second kappa shape index (κ2) is 10.7. The summed E-state index contributed by atoms with van der Waals surface area (Å²) in [7, 11) is 1.70. The highest BCUT2D eigenvalue weighted by Gasteiger charge is 2.24. The number of hydrogen-bond acceptors (Lipinski definition) is 5. The van der Waals surface area contributed by atoms with Crippen LogP contribution in [-0.2, 0) is 4.79 Å². The Morgan fingerprint density at radius 3 is 2.71 bits per heavy atom. The largest absolute Gasteiger partial charge is 0.495 e. The van der Waals surface area contributed by atoms with Crippen LogP contribution in [0.25, 0.3) is 0 Å². The molecule has 1 aliphatic rings. The molecule has 1 atom stereocenters. The average molecular weight is 374 g/mol. The van der Waals surface area contributed by atoms with Crippen LogP contribution in [0.5, 0.6) is 5.75 Å². The molecule has 5 nitrogen and oxygen atoms in total. The molecule has 1 aromatic carbocycles. The fourth-order valence-corrected chi connectivity index (χ4v) is 3.33. The maximum absolute atomic E-state index is 12.1. The Labute approximate surface area is 155 Å². The third-order valence-electron chi connectivity index (χ3n) is 4.24. The summed E-state index contributed by atoms with van der Waals surface area (Å²) >= 11 is 1.72. The van der Waals surface area contributed by atoms with Crippen molar-refractivity contribution >= 4 is 35.8 Å². The van der Waals surface area contributed by atoms with Crippen molar-refractivity contribution in [3.05, 3.63) is 24.3 Å². The Morgan fingerprint density at radius 2 is 2.08 bits per heavy atom. The van der Waals surface area contributed by atoms with Crippen LogP contribution in [0.2, 0.25) is 0 Å². The minimum Gasteiger partial charge on any atom is -0.495 e. The average Bonchev–Trinajstić information content (AvgIpc) is 2.60. The molecule has 0 spiro atoms. The molecule has 24 heavy (non-hydrogen) atoms. The van der Waals surface area contributed by atoms with Gasteiger partial charge in [0.15, 0.2) is 0 Å². The van der Waals surface area contributed by atoms with Crippen LogP contribution < -0.4 is 20.7 Å². The van der Waals surface area contributed by atoms with E-state index in [9.17, 15) is 4.79 Å². The third-order valence-corrected chi connectivity index (χ3v) is 4.88. The Morgan fingerprint density at radius 1 is 1.42 bits per heavy atom. The van der Waals surface area contributed by atoms with Crippen molar-refractivity contribution in [2.24, 2.45) is 5.73 Å². The molecule has 0 unspecified atom stereocenters. The van der Waals surface area contributed by atoms with E-state index in [1.54, 1.807) is 18.9 Å². The molecular formula is C17H28ClN3O2S. The van der Waals surface area contributed by atoms with Crippen LogP contribution in [0, 0.1) is 0 Å². The van der Waals surface area contributed by atoms with E-state index < -0.39 is 6.04 Å². The Bertz CT molecular complexity index is 510. The molecule has 7 heteroatoms. The highest BCUT2D eigenvalue weighted by molar-refractivity contribution is 7.98. The summed E-state index contributed by atoms with van der Waals surface area (Å²) in [5.41, 5.74) is 7.05. The molecule has 0 bridgehead atoms. The normalized spacial score (nSPS) is 16.2. The van der Waals surface area contributed by atoms with E-state index in [0.29, 0.717) is 0 Å². The summed E-state index contributed by atoms with van der Waals surface area (Å²) in [5, 5.41) is 3.10. The summed E-state index contributed by atoms with van der Waals surface area (Å²) in [6.07, 6.45) is 4.61. The summed E-state index contributed by atoms with van der Waals surface area (Å²) in [6.45, 7) is 1.82. The van der Waals surface area contributed by atoms with Crippen molar-refractivity contribution in [1.29, 1.82) is 0 Å². The number of carbonyl (C=O) groups excluding carboxylic acids is 1. The molecule has 3 N–H and O–H groups in total. The molecule has 0 radical (unpaired) electrons. The zero-order valence-corrected chi connectivity index (χ0v) is 16.0. The molecule has 2 rings (SSSR count). The maximum atomic E-state index is 12.1. The molecule has 0 aromatic heterocycles. The summed E-state index contributed by atoms with van der Waals surface area (Å²) in [5.74, 6) is 1.80. The molecule has 1 fully saturated rings. The van der Waals surface area contributed by atoms with Gasteiger partial charge in [0.2, 0.25) is 5.91 Å². The lowest BCUT2D eigenvalue weighted by Crippen LogP contribution is -2.49. The summed E-state index contributed by atoms with van der Waals surface area (Å²) in [4.78, 5) is 14.4. The van der Waals surface area contributed by atoms with Gasteiger partial charge in [-0.3, -0.25) is 4.79 Å². The number of rotatable bonds is 7. The number of hydrogen-bond donors (Lipinski definition) is 2. The fraction of sp³-hybridized carbons (Fsp3) is 0.588. The minimum absolute atomic E-state index is 0. The van der Waals surface area contributed by atoms with Gasteiger partial charge in [0.1, 0.15) is 5.75 Å². The van der Waals surface area contributed by atoms with Gasteiger partial charge in [0, 0.05) is 19.1 Å². The first kappa shape index (κ1) is 20.9. The second-order valence-corrected chi connectivity index (χ2v) is 6.82. The number of halogens is 1. The topological polar surface area (TPSA) is 67.6 Å². The molecular weight excluding hydrogens is 346 g/mol. The first-order valence-electron chi connectivity index (χ1n) is 8.08. The monoisotopic (exact) mass is 373 g/mol. The molecule has 136 valence electrons. The fourth-order valence-electron chi connectivity index (χ4n) is 2.84. The zero-order chi connectivity index (χ0) is 16.7. The summed E-state index contributed by atoms with van der Waals surface area (Å²) < 4.78 is 5.43. The Kier molecular flexibility index (Phi) is 9.33. The van der Waals surface area contributed by atoms with Gasteiger partial charge in [-0.05, 0) is 43.4 Å². The predicted octanol–water partition coefficient (Wildman–Crippen LogP) is 2.28. The lowest BCUT2D eigenvalue weighted by atomic mass is 10.0. The number of thioether (sulfide) groups is 1. The molecule has 1 heterocycles. The van der Waals surface area contributed by atoms with Gasteiger partial charge in [-0.1, -0.05) is 12.1 Å². The van der Waals surface area contributed by atoms with Crippen molar-refractivity contribution in [2.75, 3.05) is 37.1 Å². The quantitative estimate of drug-likeness (QED) is 0.767. The van der Waals surface area contributed by atoms with Crippen LogP contribution >= 0.6 is 24.2 Å². The predicted molar refractivity (Wildman–Crippen MR) is 105 cm³/mol. The SMILES string of the molecule is COc1ccccc1N1CCC(NC(=O)[C@@H](N)CCSC)CC1.Cl. The second-order valence-electron chi connectivity index (χ2n) is 5.83. The number of nitrogens with one attached hydrogen (secondary N) is 1. The van der Waals surface area contributed by atoms with Crippen molar-refractivity contribution in [2.45, 2.75) is 31.3 Å². The van der Waals surface area contributed by atoms with E-state index in [4.69, 9.17) is 10.5 Å². The minimum atomic E-state index is -0.394. The highest BCUT2D eigenvalue weighted by atomic mass is 35.5. The van der Waals surface area contributed by atoms with Gasteiger partial charge in [0.25, 0.3) is 0 Å². The zero-order valence-electron chi connectivity index (χ0n) is 14.4. The molecule has 1 saturated heterocycles. The van der Waals surface area contributed by atoms with Gasteiger partial charge in [-0.2, -0.15) is 11.8 Å². The first-order valence-corrected chi connectivity index (χ1v) is 9.48. The van der Waals surface area contributed by atoms with Gasteiger partial charge in [-0.15, -0.1) is 12.4 Å². The van der Waals surface area contributed by atoms with E-state index in [2.05, 4.69) is 16.3 Å². The van der Waals surface area contributed by atoms with Crippen molar-refractivity contribution in [3.63, 3.8) is 0 Å². The van der Waals surface area contributed by atoms with Gasteiger partial charge in [0.05, 0.1) is 18.8 Å². The molecule has 1 aliphatic heterocycles.